The number of esters is 2. The molecular weight excluding hydrogens is 312 g/mol. The molecule has 0 bridgehead atoms. The third kappa shape index (κ3) is 3.79. The van der Waals surface area contributed by atoms with Crippen molar-refractivity contribution in [1.29, 1.82) is 0 Å². The maximum atomic E-state index is 12.2. The minimum atomic E-state index is -0.860. The molecule has 1 aromatic heterocycles. The van der Waals surface area contributed by atoms with E-state index < -0.39 is 17.5 Å². The molecule has 1 aromatic rings. The number of carbonyl (C=O) groups excluding carboxylic acids is 2. The zero-order chi connectivity index (χ0) is 16.9. The zero-order valence-corrected chi connectivity index (χ0v) is 13.3. The van der Waals surface area contributed by atoms with Crippen LogP contribution in [0.5, 0.6) is 0 Å². The summed E-state index contributed by atoms with van der Waals surface area (Å²) in [4.78, 5) is 39.2. The molecule has 0 atom stereocenters. The molecule has 0 aliphatic heterocycles. The topological polar surface area (TPSA) is 126 Å². The van der Waals surface area contributed by atoms with Crippen molar-refractivity contribution in [2.24, 2.45) is 7.05 Å². The van der Waals surface area contributed by atoms with E-state index in [1.54, 1.807) is 6.26 Å². The second-order valence-corrected chi connectivity index (χ2v) is 4.69. The predicted octanol–water partition coefficient (Wildman–Crippen LogP) is -0.274. The van der Waals surface area contributed by atoms with E-state index in [-0.39, 0.29) is 17.2 Å². The molecule has 0 saturated heterocycles. The minimum absolute atomic E-state index is 0.105. The summed E-state index contributed by atoms with van der Waals surface area (Å²) >= 11 is 1.24. The number of nitrogens with two attached hydrogens (primary N) is 1. The molecule has 0 saturated carbocycles. The summed E-state index contributed by atoms with van der Waals surface area (Å²) in [6.45, 7) is 0. The van der Waals surface area contributed by atoms with Gasteiger partial charge in [0, 0.05) is 7.05 Å². The third-order valence-corrected chi connectivity index (χ3v) is 3.32. The molecule has 10 heteroatoms. The van der Waals surface area contributed by atoms with Crippen molar-refractivity contribution in [2.45, 2.75) is 5.16 Å². The van der Waals surface area contributed by atoms with E-state index in [1.807, 2.05) is 0 Å². The predicted molar refractivity (Wildman–Crippen MR) is 81.4 cm³/mol. The van der Waals surface area contributed by atoms with Gasteiger partial charge in [0.2, 0.25) is 0 Å². The highest BCUT2D eigenvalue weighted by atomic mass is 32.2. The number of nitrogens with one attached hydrogen (secondary N) is 1. The summed E-state index contributed by atoms with van der Waals surface area (Å²) in [5.41, 5.74) is 4.79. The maximum absolute atomic E-state index is 12.2. The molecule has 0 aliphatic rings. The molecule has 22 heavy (non-hydrogen) atoms. The van der Waals surface area contributed by atoms with Crippen LogP contribution in [-0.4, -0.2) is 42.0 Å². The van der Waals surface area contributed by atoms with Crippen LogP contribution in [0, 0.1) is 0 Å². The van der Waals surface area contributed by atoms with Gasteiger partial charge in [-0.2, -0.15) is 0 Å². The van der Waals surface area contributed by atoms with Crippen LogP contribution in [0.3, 0.4) is 0 Å². The largest absolute Gasteiger partial charge is 0.466 e. The maximum Gasteiger partial charge on any atom is 0.354 e. The average Bonchev–Trinajstić information content (AvgIpc) is 2.52. The van der Waals surface area contributed by atoms with Crippen molar-refractivity contribution in [3.8, 4) is 0 Å². The van der Waals surface area contributed by atoms with Crippen molar-refractivity contribution in [1.82, 2.24) is 9.55 Å². The Bertz CT molecular complexity index is 683. The Morgan fingerprint density at radius 3 is 2.50 bits per heavy atom. The molecule has 0 fully saturated rings. The fraction of sp³-hybridized carbons (Fsp3) is 0.333. The molecule has 1 rings (SSSR count). The summed E-state index contributed by atoms with van der Waals surface area (Å²) in [6, 6.07) is 0. The summed E-state index contributed by atoms with van der Waals surface area (Å²) < 4.78 is 10.2. The number of ether oxygens (including phenoxy) is 2. The number of aromatic nitrogens is 2. The van der Waals surface area contributed by atoms with E-state index in [0.29, 0.717) is 5.16 Å². The van der Waals surface area contributed by atoms with Crippen LogP contribution >= 0.6 is 11.8 Å². The summed E-state index contributed by atoms with van der Waals surface area (Å²) in [7, 11) is 3.79. The fourth-order valence-corrected chi connectivity index (χ4v) is 2.01. The lowest BCUT2D eigenvalue weighted by Gasteiger charge is -2.13. The lowest BCUT2D eigenvalue weighted by molar-refractivity contribution is -0.138. The number of thioether (sulfide) groups is 1. The lowest BCUT2D eigenvalue weighted by atomic mass is 10.3. The van der Waals surface area contributed by atoms with Crippen LogP contribution < -0.4 is 16.6 Å². The van der Waals surface area contributed by atoms with Gasteiger partial charge in [-0.1, -0.05) is 11.8 Å². The molecular formula is C12H16N4O5S. The van der Waals surface area contributed by atoms with E-state index in [4.69, 9.17) is 5.73 Å². The van der Waals surface area contributed by atoms with Crippen LogP contribution in [0.2, 0.25) is 0 Å². The molecule has 3 N–H and O–H groups in total. The lowest BCUT2D eigenvalue weighted by Crippen LogP contribution is -2.27. The normalized spacial score (nSPS) is 11.0. The van der Waals surface area contributed by atoms with Crippen molar-refractivity contribution in [3.05, 3.63) is 22.1 Å². The van der Waals surface area contributed by atoms with Gasteiger partial charge < -0.3 is 20.5 Å². The Balaban J connectivity index is 3.34. The summed E-state index contributed by atoms with van der Waals surface area (Å²) in [5, 5.41) is 2.89. The number of nitrogen functional groups attached to an aromatic ring is 1. The highest BCUT2D eigenvalue weighted by molar-refractivity contribution is 7.98. The van der Waals surface area contributed by atoms with Crippen LogP contribution in [0.1, 0.15) is 0 Å². The molecule has 9 nitrogen and oxygen atoms in total. The number of hydrogen-bond acceptors (Lipinski definition) is 9. The zero-order valence-electron chi connectivity index (χ0n) is 12.5. The van der Waals surface area contributed by atoms with Crippen molar-refractivity contribution >= 4 is 35.2 Å². The SMILES string of the molecule is COC(=O)/C=C(\Nc1c(N)nc(SC)n(C)c1=O)C(=O)OC. The van der Waals surface area contributed by atoms with Crippen molar-refractivity contribution in [2.75, 3.05) is 31.5 Å². The van der Waals surface area contributed by atoms with Crippen LogP contribution in [0.4, 0.5) is 11.5 Å². The van der Waals surface area contributed by atoms with Crippen molar-refractivity contribution in [3.63, 3.8) is 0 Å². The highest BCUT2D eigenvalue weighted by Gasteiger charge is 2.18. The molecule has 0 spiro atoms. The first-order valence-corrected chi connectivity index (χ1v) is 7.13. The highest BCUT2D eigenvalue weighted by Crippen LogP contribution is 2.18. The third-order valence-electron chi connectivity index (χ3n) is 2.59. The van der Waals surface area contributed by atoms with Gasteiger partial charge in [0.15, 0.2) is 11.0 Å². The average molecular weight is 328 g/mol. The molecule has 1 heterocycles. The number of carbonyl (C=O) groups is 2. The first-order valence-electron chi connectivity index (χ1n) is 5.91. The molecule has 120 valence electrons. The van der Waals surface area contributed by atoms with Crippen molar-refractivity contribution < 1.29 is 19.1 Å². The summed E-state index contributed by atoms with van der Waals surface area (Å²) in [5.74, 6) is -1.76. The monoisotopic (exact) mass is 328 g/mol. The van der Waals surface area contributed by atoms with Gasteiger partial charge in [-0.3, -0.25) is 9.36 Å². The smallest absolute Gasteiger partial charge is 0.354 e. The van der Waals surface area contributed by atoms with E-state index >= 15 is 0 Å². The van der Waals surface area contributed by atoms with Gasteiger partial charge in [0.1, 0.15) is 11.4 Å². The Hall–Kier alpha value is -2.49. The van der Waals surface area contributed by atoms with E-state index in [2.05, 4.69) is 19.8 Å². The number of rotatable bonds is 5. The minimum Gasteiger partial charge on any atom is -0.466 e. The molecule has 0 amide bonds. The number of methoxy groups -OCH3 is 2. The Morgan fingerprint density at radius 2 is 2.00 bits per heavy atom. The van der Waals surface area contributed by atoms with Gasteiger partial charge in [0.05, 0.1) is 20.3 Å². The van der Waals surface area contributed by atoms with E-state index in [1.165, 1.54) is 23.4 Å². The quantitative estimate of drug-likeness (QED) is 0.325. The van der Waals surface area contributed by atoms with Gasteiger partial charge in [-0.05, 0) is 6.26 Å². The molecule has 0 aromatic carbocycles. The summed E-state index contributed by atoms with van der Waals surface area (Å²) in [6.07, 6.45) is 2.60. The van der Waals surface area contributed by atoms with Crippen LogP contribution in [0.25, 0.3) is 0 Å². The number of hydrogen-bond donors (Lipinski definition) is 2. The second kappa shape index (κ2) is 7.50. The van der Waals surface area contributed by atoms with E-state index in [0.717, 1.165) is 20.3 Å². The Kier molecular flexibility index (Phi) is 5.99. The van der Waals surface area contributed by atoms with Crippen LogP contribution in [0.15, 0.2) is 21.7 Å². The number of anilines is 2. The molecule has 0 unspecified atom stereocenters. The second-order valence-electron chi connectivity index (χ2n) is 3.92. The van der Waals surface area contributed by atoms with Crippen LogP contribution in [-0.2, 0) is 26.1 Å². The molecule has 0 radical (unpaired) electrons. The van der Waals surface area contributed by atoms with E-state index in [9.17, 15) is 14.4 Å². The fourth-order valence-electron chi connectivity index (χ4n) is 1.47. The first-order chi connectivity index (χ1) is 10.3. The van der Waals surface area contributed by atoms with Gasteiger partial charge in [-0.25, -0.2) is 14.6 Å². The Labute approximate surface area is 130 Å². The standard InChI is InChI=1S/C12H16N4O5S/c1-16-10(18)8(9(13)15-12(16)22-4)14-6(11(19)21-3)5-7(17)20-2/h5,14H,13H2,1-4H3/b6-5-. The van der Waals surface area contributed by atoms with Gasteiger partial charge in [0.25, 0.3) is 5.56 Å². The van der Waals surface area contributed by atoms with Gasteiger partial charge in [-0.15, -0.1) is 0 Å². The number of nitrogens with zero attached hydrogens (tertiary/aromatic N) is 2. The Morgan fingerprint density at radius 1 is 1.36 bits per heavy atom. The first kappa shape index (κ1) is 17.6. The van der Waals surface area contributed by atoms with Gasteiger partial charge >= 0.3 is 11.9 Å². The molecule has 0 aliphatic carbocycles.